The number of pyridine rings is 1. The van der Waals surface area contributed by atoms with Gasteiger partial charge in [0.2, 0.25) is 0 Å². The Labute approximate surface area is 181 Å². The van der Waals surface area contributed by atoms with Gasteiger partial charge in [-0.05, 0) is 29.8 Å². The summed E-state index contributed by atoms with van der Waals surface area (Å²) in [5, 5.41) is 6.45. The van der Waals surface area contributed by atoms with Crippen LogP contribution in [0.5, 0.6) is 5.75 Å². The third-order valence-corrected chi connectivity index (χ3v) is 4.39. The summed E-state index contributed by atoms with van der Waals surface area (Å²) in [7, 11) is 0. The van der Waals surface area contributed by atoms with Crippen molar-refractivity contribution in [3.63, 3.8) is 0 Å². The van der Waals surface area contributed by atoms with Crippen LogP contribution >= 0.6 is 11.6 Å². The molecule has 0 saturated heterocycles. The maximum atomic E-state index is 12.6. The number of hydrogen-bond donors (Lipinski definition) is 1. The Kier molecular flexibility index (Phi) is 6.63. The zero-order valence-corrected chi connectivity index (χ0v) is 16.6. The van der Waals surface area contributed by atoms with E-state index in [4.69, 9.17) is 11.6 Å². The first kappa shape index (κ1) is 23.4. The number of alkyl halides is 6. The molecule has 0 aliphatic carbocycles. The van der Waals surface area contributed by atoms with Gasteiger partial charge in [-0.1, -0.05) is 23.7 Å². The van der Waals surface area contributed by atoms with Crippen LogP contribution in [0.3, 0.4) is 0 Å². The van der Waals surface area contributed by atoms with Gasteiger partial charge in [0.05, 0.1) is 17.4 Å². The average Bonchev–Trinajstić information content (AvgIpc) is 2.73. The van der Waals surface area contributed by atoms with Gasteiger partial charge < -0.3 is 10.1 Å². The molecule has 0 fully saturated rings. The van der Waals surface area contributed by atoms with Gasteiger partial charge in [0.1, 0.15) is 10.8 Å². The summed E-state index contributed by atoms with van der Waals surface area (Å²) < 4.78 is 79.8. The fraction of sp³-hybridized carbons (Fsp3) is 0.211. The molecule has 32 heavy (non-hydrogen) atoms. The number of hydrogen-bond acceptors (Lipinski definition) is 5. The van der Waals surface area contributed by atoms with Crippen molar-refractivity contribution in [1.82, 2.24) is 14.8 Å². The molecule has 2 heterocycles. The molecular weight excluding hydrogens is 466 g/mol. The van der Waals surface area contributed by atoms with E-state index in [1.54, 1.807) is 0 Å². The molecule has 6 nitrogen and oxygen atoms in total. The SMILES string of the molecule is O=c1c(Cl)c(NCc2ccc(OCC(F)(F)F)cc2)cnn1-c1ccc(C(F)(F)F)cn1. The van der Waals surface area contributed by atoms with Gasteiger partial charge >= 0.3 is 12.4 Å². The maximum Gasteiger partial charge on any atom is 0.422 e. The molecular formula is C19H13ClF6N4O2. The van der Waals surface area contributed by atoms with Gasteiger partial charge in [-0.2, -0.15) is 36.1 Å². The zero-order valence-electron chi connectivity index (χ0n) is 15.8. The first-order chi connectivity index (χ1) is 14.9. The highest BCUT2D eigenvalue weighted by Crippen LogP contribution is 2.28. The Bertz CT molecular complexity index is 1130. The molecule has 0 atom stereocenters. The van der Waals surface area contributed by atoms with Gasteiger partial charge in [-0.25, -0.2) is 4.98 Å². The average molecular weight is 479 g/mol. The smallest absolute Gasteiger partial charge is 0.422 e. The maximum absolute atomic E-state index is 12.6. The number of ether oxygens (including phenoxy) is 1. The van der Waals surface area contributed by atoms with Crippen LogP contribution in [0.25, 0.3) is 5.82 Å². The van der Waals surface area contributed by atoms with Crippen LogP contribution in [-0.4, -0.2) is 27.5 Å². The van der Waals surface area contributed by atoms with Crippen LogP contribution in [0, 0.1) is 0 Å². The summed E-state index contributed by atoms with van der Waals surface area (Å²) >= 11 is 6.06. The molecule has 2 aromatic heterocycles. The third-order valence-electron chi connectivity index (χ3n) is 4.02. The Morgan fingerprint density at radius 1 is 1.00 bits per heavy atom. The lowest BCUT2D eigenvalue weighted by Gasteiger charge is -2.12. The van der Waals surface area contributed by atoms with Gasteiger partial charge in [0.15, 0.2) is 12.4 Å². The minimum absolute atomic E-state index is 0.0393. The number of anilines is 1. The summed E-state index contributed by atoms with van der Waals surface area (Å²) in [6, 6.07) is 7.51. The van der Waals surface area contributed by atoms with Crippen molar-refractivity contribution in [2.75, 3.05) is 11.9 Å². The summed E-state index contributed by atoms with van der Waals surface area (Å²) in [5.74, 6) is -0.108. The van der Waals surface area contributed by atoms with Gasteiger partial charge in [-0.3, -0.25) is 4.79 Å². The molecule has 0 amide bonds. The van der Waals surface area contributed by atoms with E-state index in [1.807, 2.05) is 0 Å². The highest BCUT2D eigenvalue weighted by Gasteiger charge is 2.31. The highest BCUT2D eigenvalue weighted by molar-refractivity contribution is 6.32. The summed E-state index contributed by atoms with van der Waals surface area (Å²) in [4.78, 5) is 16.0. The number of nitrogens with zero attached hydrogens (tertiary/aromatic N) is 3. The lowest BCUT2D eigenvalue weighted by atomic mass is 10.2. The lowest BCUT2D eigenvalue weighted by Crippen LogP contribution is -2.23. The van der Waals surface area contributed by atoms with E-state index in [-0.39, 0.29) is 28.8 Å². The standard InChI is InChI=1S/C19H13ClF6N4O2/c20-16-14(27-7-11-1-4-13(5-2-11)32-10-18(21,22)23)9-29-30(17(16)31)15-6-3-12(8-28-15)19(24,25)26/h1-6,8-9,27H,7,10H2. The predicted molar refractivity (Wildman–Crippen MR) is 103 cm³/mol. The Morgan fingerprint density at radius 3 is 2.25 bits per heavy atom. The monoisotopic (exact) mass is 478 g/mol. The Hall–Kier alpha value is -3.28. The molecule has 13 heteroatoms. The number of nitrogens with one attached hydrogen (secondary N) is 1. The number of halogens is 7. The van der Waals surface area contributed by atoms with Crippen molar-refractivity contribution in [3.05, 3.63) is 75.3 Å². The van der Waals surface area contributed by atoms with E-state index >= 15 is 0 Å². The largest absolute Gasteiger partial charge is 0.484 e. The van der Waals surface area contributed by atoms with E-state index in [0.717, 1.165) is 16.8 Å². The van der Waals surface area contributed by atoms with Crippen LogP contribution in [0.4, 0.5) is 32.0 Å². The van der Waals surface area contributed by atoms with Crippen LogP contribution in [0.1, 0.15) is 11.1 Å². The molecule has 0 bridgehead atoms. The number of rotatable bonds is 6. The number of aromatic nitrogens is 3. The van der Waals surface area contributed by atoms with E-state index < -0.39 is 30.1 Å². The lowest BCUT2D eigenvalue weighted by molar-refractivity contribution is -0.153. The third kappa shape index (κ3) is 5.90. The number of benzene rings is 1. The molecule has 0 aliphatic rings. The molecule has 0 saturated carbocycles. The van der Waals surface area contributed by atoms with Crippen LogP contribution in [0.2, 0.25) is 5.02 Å². The first-order valence-electron chi connectivity index (χ1n) is 8.78. The van der Waals surface area contributed by atoms with E-state index in [9.17, 15) is 31.1 Å². The van der Waals surface area contributed by atoms with E-state index in [0.29, 0.717) is 11.8 Å². The van der Waals surface area contributed by atoms with Crippen molar-refractivity contribution < 1.29 is 31.1 Å². The molecule has 1 N–H and O–H groups in total. The summed E-state index contributed by atoms with van der Waals surface area (Å²) in [6.07, 6.45) is -7.24. The minimum Gasteiger partial charge on any atom is -0.484 e. The molecule has 3 rings (SSSR count). The summed E-state index contributed by atoms with van der Waals surface area (Å²) in [6.45, 7) is -1.25. The van der Waals surface area contributed by atoms with Crippen molar-refractivity contribution in [2.24, 2.45) is 0 Å². The van der Waals surface area contributed by atoms with Crippen molar-refractivity contribution in [1.29, 1.82) is 0 Å². The molecule has 0 spiro atoms. The van der Waals surface area contributed by atoms with Crippen molar-refractivity contribution in [2.45, 2.75) is 18.9 Å². The fourth-order valence-corrected chi connectivity index (χ4v) is 2.66. The van der Waals surface area contributed by atoms with E-state index in [1.165, 1.54) is 30.5 Å². The Balaban J connectivity index is 1.69. The van der Waals surface area contributed by atoms with Crippen LogP contribution < -0.4 is 15.6 Å². The molecule has 0 aliphatic heterocycles. The van der Waals surface area contributed by atoms with Gasteiger partial charge in [0, 0.05) is 12.7 Å². The van der Waals surface area contributed by atoms with Crippen molar-refractivity contribution >= 4 is 17.3 Å². The second-order valence-electron chi connectivity index (χ2n) is 6.39. The molecule has 0 radical (unpaired) electrons. The highest BCUT2D eigenvalue weighted by atomic mass is 35.5. The second kappa shape index (κ2) is 9.07. The fourth-order valence-electron chi connectivity index (χ4n) is 2.46. The van der Waals surface area contributed by atoms with E-state index in [2.05, 4.69) is 20.1 Å². The topological polar surface area (TPSA) is 69.0 Å². The first-order valence-corrected chi connectivity index (χ1v) is 9.16. The zero-order chi connectivity index (χ0) is 23.5. The van der Waals surface area contributed by atoms with Crippen molar-refractivity contribution in [3.8, 4) is 11.6 Å². The molecule has 1 aromatic carbocycles. The van der Waals surface area contributed by atoms with Gasteiger partial charge in [0.25, 0.3) is 5.56 Å². The molecule has 0 unspecified atom stereocenters. The minimum atomic E-state index is -4.57. The van der Waals surface area contributed by atoms with Gasteiger partial charge in [-0.15, -0.1) is 0 Å². The summed E-state index contributed by atoms with van der Waals surface area (Å²) in [5.41, 5.74) is -0.987. The Morgan fingerprint density at radius 2 is 1.69 bits per heavy atom. The van der Waals surface area contributed by atoms with Crippen LogP contribution in [-0.2, 0) is 12.7 Å². The second-order valence-corrected chi connectivity index (χ2v) is 6.77. The molecule has 3 aromatic rings. The quantitative estimate of drug-likeness (QED) is 0.513. The predicted octanol–water partition coefficient (Wildman–Crippen LogP) is 4.85. The van der Waals surface area contributed by atoms with Crippen LogP contribution in [0.15, 0.2) is 53.6 Å². The molecule has 170 valence electrons. The normalized spacial score (nSPS) is 12.0.